The number of amides is 1. The molecular weight excluding hydrogens is 392 g/mol. The molecule has 2 aromatic carbocycles. The Hall–Kier alpha value is -2.37. The van der Waals surface area contributed by atoms with Crippen molar-refractivity contribution in [2.45, 2.75) is 39.2 Å². The quantitative estimate of drug-likeness (QED) is 0.543. The highest BCUT2D eigenvalue weighted by molar-refractivity contribution is 7.14. The molecule has 1 amide bonds. The van der Waals surface area contributed by atoms with Crippen LogP contribution in [0.3, 0.4) is 0 Å². The molecule has 3 aromatic rings. The van der Waals surface area contributed by atoms with Crippen LogP contribution in [0.5, 0.6) is 5.75 Å². The van der Waals surface area contributed by atoms with Gasteiger partial charge in [0, 0.05) is 16.0 Å². The van der Waals surface area contributed by atoms with E-state index in [1.165, 1.54) is 16.9 Å². The van der Waals surface area contributed by atoms with Gasteiger partial charge in [0.1, 0.15) is 5.75 Å². The van der Waals surface area contributed by atoms with E-state index in [1.807, 2.05) is 5.38 Å². The number of anilines is 1. The molecule has 6 heteroatoms. The van der Waals surface area contributed by atoms with E-state index in [0.29, 0.717) is 15.9 Å². The minimum absolute atomic E-state index is 0.110. The van der Waals surface area contributed by atoms with Crippen molar-refractivity contribution in [2.75, 3.05) is 5.32 Å². The molecule has 0 bridgehead atoms. The summed E-state index contributed by atoms with van der Waals surface area (Å²) in [5.74, 6) is 0.290. The molecule has 146 valence electrons. The van der Waals surface area contributed by atoms with Crippen LogP contribution < -0.4 is 10.1 Å². The summed E-state index contributed by atoms with van der Waals surface area (Å²) >= 11 is 7.33. The van der Waals surface area contributed by atoms with Crippen molar-refractivity contribution in [1.29, 1.82) is 0 Å². The minimum atomic E-state index is -0.670. The molecule has 0 aliphatic heterocycles. The number of carbonyl (C=O) groups is 1. The predicted octanol–water partition coefficient (Wildman–Crippen LogP) is 6.17. The van der Waals surface area contributed by atoms with Crippen LogP contribution in [-0.4, -0.2) is 17.0 Å². The second-order valence-electron chi connectivity index (χ2n) is 7.57. The number of aromatic nitrogens is 1. The first-order valence-corrected chi connectivity index (χ1v) is 10.3. The monoisotopic (exact) mass is 414 g/mol. The first kappa shape index (κ1) is 20.4. The van der Waals surface area contributed by atoms with Gasteiger partial charge in [0.2, 0.25) is 0 Å². The molecule has 1 N–H and O–H groups in total. The molecule has 4 nitrogen and oxygen atoms in total. The lowest BCUT2D eigenvalue weighted by molar-refractivity contribution is -0.122. The largest absolute Gasteiger partial charge is 0.481 e. The van der Waals surface area contributed by atoms with E-state index in [0.717, 1.165) is 11.3 Å². The molecule has 0 fully saturated rings. The third-order valence-electron chi connectivity index (χ3n) is 4.26. The van der Waals surface area contributed by atoms with Crippen LogP contribution in [0, 0.1) is 0 Å². The zero-order valence-corrected chi connectivity index (χ0v) is 17.9. The Kier molecular flexibility index (Phi) is 6.06. The number of halogens is 1. The Morgan fingerprint density at radius 1 is 1.18 bits per heavy atom. The third-order valence-corrected chi connectivity index (χ3v) is 5.25. The average molecular weight is 415 g/mol. The molecule has 0 saturated carbocycles. The van der Waals surface area contributed by atoms with Crippen molar-refractivity contribution in [3.63, 3.8) is 0 Å². The van der Waals surface area contributed by atoms with Gasteiger partial charge in [-0.15, -0.1) is 11.3 Å². The number of nitrogens with one attached hydrogen (secondary N) is 1. The van der Waals surface area contributed by atoms with Gasteiger partial charge in [0.05, 0.1) is 5.69 Å². The van der Waals surface area contributed by atoms with Gasteiger partial charge in [0.25, 0.3) is 5.91 Å². The number of thiazole rings is 1. The molecule has 3 rings (SSSR count). The third kappa shape index (κ3) is 5.12. The van der Waals surface area contributed by atoms with Gasteiger partial charge in [0.15, 0.2) is 11.2 Å². The van der Waals surface area contributed by atoms with E-state index in [-0.39, 0.29) is 11.3 Å². The molecule has 0 saturated heterocycles. The van der Waals surface area contributed by atoms with Crippen molar-refractivity contribution in [2.24, 2.45) is 0 Å². The fourth-order valence-electron chi connectivity index (χ4n) is 2.61. The van der Waals surface area contributed by atoms with Crippen molar-refractivity contribution in [1.82, 2.24) is 4.98 Å². The summed E-state index contributed by atoms with van der Waals surface area (Å²) < 4.78 is 5.65. The summed E-state index contributed by atoms with van der Waals surface area (Å²) in [6.45, 7) is 8.25. The lowest BCUT2D eigenvalue weighted by atomic mass is 9.86. The van der Waals surface area contributed by atoms with Crippen molar-refractivity contribution in [3.05, 3.63) is 64.5 Å². The topological polar surface area (TPSA) is 51.2 Å². The lowest BCUT2D eigenvalue weighted by Gasteiger charge is -2.18. The summed E-state index contributed by atoms with van der Waals surface area (Å²) in [4.78, 5) is 16.9. The lowest BCUT2D eigenvalue weighted by Crippen LogP contribution is -2.30. The Bertz CT molecular complexity index is 961. The number of nitrogens with zero attached hydrogens (tertiary/aromatic N) is 1. The molecule has 28 heavy (non-hydrogen) atoms. The maximum Gasteiger partial charge on any atom is 0.266 e. The molecule has 0 aliphatic carbocycles. The number of benzene rings is 2. The summed E-state index contributed by atoms with van der Waals surface area (Å²) in [6, 6.07) is 15.3. The minimum Gasteiger partial charge on any atom is -0.481 e. The Labute approximate surface area is 174 Å². The van der Waals surface area contributed by atoms with Crippen molar-refractivity contribution >= 4 is 34.0 Å². The number of ether oxygens (including phenoxy) is 1. The van der Waals surface area contributed by atoms with E-state index in [9.17, 15) is 4.79 Å². The maximum absolute atomic E-state index is 12.4. The number of carbonyl (C=O) groups excluding carboxylic acids is 1. The number of hydrogen-bond acceptors (Lipinski definition) is 4. The van der Waals surface area contributed by atoms with Crippen LogP contribution >= 0.6 is 22.9 Å². The molecular formula is C22H23ClN2O2S. The van der Waals surface area contributed by atoms with Gasteiger partial charge in [-0.3, -0.25) is 10.1 Å². The normalized spacial score (nSPS) is 12.5. The molecule has 0 radical (unpaired) electrons. The highest BCUT2D eigenvalue weighted by Gasteiger charge is 2.17. The van der Waals surface area contributed by atoms with Crippen LogP contribution in [0.4, 0.5) is 5.13 Å². The first-order chi connectivity index (χ1) is 13.2. The van der Waals surface area contributed by atoms with Crippen molar-refractivity contribution in [3.8, 4) is 17.0 Å². The predicted molar refractivity (Wildman–Crippen MR) is 116 cm³/mol. The fraction of sp³-hybridized carbons (Fsp3) is 0.273. The second kappa shape index (κ2) is 8.33. The van der Waals surface area contributed by atoms with E-state index in [4.69, 9.17) is 16.3 Å². The molecule has 0 aliphatic rings. The summed E-state index contributed by atoms with van der Waals surface area (Å²) in [5, 5.41) is 5.85. The van der Waals surface area contributed by atoms with E-state index in [1.54, 1.807) is 31.2 Å². The first-order valence-electron chi connectivity index (χ1n) is 9.02. The van der Waals surface area contributed by atoms with Gasteiger partial charge in [-0.25, -0.2) is 4.98 Å². The smallest absolute Gasteiger partial charge is 0.266 e. The molecule has 1 atom stereocenters. The van der Waals surface area contributed by atoms with Gasteiger partial charge in [-0.05, 0) is 36.1 Å². The molecule has 0 spiro atoms. The van der Waals surface area contributed by atoms with Gasteiger partial charge < -0.3 is 4.74 Å². The van der Waals surface area contributed by atoms with Gasteiger partial charge in [-0.1, -0.05) is 62.7 Å². The SMILES string of the molecule is CC(Oc1cccc(Cl)c1)C(=O)Nc1nc(-c2ccc(C(C)(C)C)cc2)cs1. The standard InChI is InChI=1S/C22H23ClN2O2S/c1-14(27-18-7-5-6-17(23)12-18)20(26)25-21-24-19(13-28-21)15-8-10-16(11-9-15)22(2,3)4/h5-14H,1-4H3,(H,24,25,26). The van der Waals surface area contributed by atoms with Crippen molar-refractivity contribution < 1.29 is 9.53 Å². The second-order valence-corrected chi connectivity index (χ2v) is 8.87. The Balaban J connectivity index is 1.64. The zero-order chi connectivity index (χ0) is 20.3. The van der Waals surface area contributed by atoms with E-state index >= 15 is 0 Å². The van der Waals surface area contributed by atoms with Crippen LogP contribution in [-0.2, 0) is 10.2 Å². The van der Waals surface area contributed by atoms with E-state index < -0.39 is 6.10 Å². The fourth-order valence-corrected chi connectivity index (χ4v) is 3.51. The van der Waals surface area contributed by atoms with Gasteiger partial charge >= 0.3 is 0 Å². The average Bonchev–Trinajstić information content (AvgIpc) is 3.09. The molecule has 1 aromatic heterocycles. The highest BCUT2D eigenvalue weighted by Crippen LogP contribution is 2.28. The molecule has 1 unspecified atom stereocenters. The zero-order valence-electron chi connectivity index (χ0n) is 16.3. The van der Waals surface area contributed by atoms with Crippen LogP contribution in [0.1, 0.15) is 33.3 Å². The van der Waals surface area contributed by atoms with E-state index in [2.05, 4.69) is 55.3 Å². The van der Waals surface area contributed by atoms with Gasteiger partial charge in [-0.2, -0.15) is 0 Å². The summed E-state index contributed by atoms with van der Waals surface area (Å²) in [6.07, 6.45) is -0.670. The van der Waals surface area contributed by atoms with Crippen LogP contribution in [0.25, 0.3) is 11.3 Å². The molecule has 1 heterocycles. The number of hydrogen-bond donors (Lipinski definition) is 1. The Morgan fingerprint density at radius 2 is 1.89 bits per heavy atom. The Morgan fingerprint density at radius 3 is 2.54 bits per heavy atom. The summed E-state index contributed by atoms with van der Waals surface area (Å²) in [5.41, 5.74) is 3.24. The summed E-state index contributed by atoms with van der Waals surface area (Å²) in [7, 11) is 0. The van der Waals surface area contributed by atoms with Crippen LogP contribution in [0.2, 0.25) is 5.02 Å². The highest BCUT2D eigenvalue weighted by atomic mass is 35.5. The maximum atomic E-state index is 12.4. The number of rotatable bonds is 5. The van der Waals surface area contributed by atoms with Crippen LogP contribution in [0.15, 0.2) is 53.9 Å².